The molecule has 0 N–H and O–H groups in total. The molecule has 0 aromatic carbocycles. The van der Waals surface area contributed by atoms with Gasteiger partial charge in [0.25, 0.3) is 0 Å². The van der Waals surface area contributed by atoms with Crippen molar-refractivity contribution < 1.29 is 0 Å². The quantitative estimate of drug-likeness (QED) is 0.268. The number of hydrogen-bond acceptors (Lipinski definition) is 2. The molecule has 4 nitrogen and oxygen atoms in total. The molecule has 6 bridgehead atoms. The average Bonchev–Trinajstić information content (AvgIpc) is 3.69. The van der Waals surface area contributed by atoms with Gasteiger partial charge in [0.15, 0.2) is 0 Å². The number of aliphatic imine (C=N–C) groups is 2. The molecule has 6 heteroatoms. The maximum atomic E-state index is 8.05. The Bertz CT molecular complexity index is 1690. The fourth-order valence-electron chi connectivity index (χ4n) is 7.96. The minimum absolute atomic E-state index is 0.967. The van der Waals surface area contributed by atoms with Crippen LogP contribution in [-0.2, 0) is 25.7 Å². The molecule has 6 heterocycles. The van der Waals surface area contributed by atoms with E-state index in [1.165, 1.54) is 66.6 Å². The summed E-state index contributed by atoms with van der Waals surface area (Å²) in [4.78, 5) is 10.8. The van der Waals surface area contributed by atoms with E-state index in [0.29, 0.717) is 0 Å². The van der Waals surface area contributed by atoms with Crippen molar-refractivity contribution in [3.63, 3.8) is 0 Å². The van der Waals surface area contributed by atoms with Gasteiger partial charge in [-0.05, 0) is 0 Å². The van der Waals surface area contributed by atoms with Crippen molar-refractivity contribution in [1.29, 1.82) is 0 Å². The molecule has 218 valence electrons. The van der Waals surface area contributed by atoms with Crippen LogP contribution in [-0.4, -0.2) is 33.7 Å². The topological polar surface area (TPSA) is 34.6 Å². The van der Waals surface area contributed by atoms with Crippen LogP contribution in [0, 0.1) is 0 Å². The molecular formula is C36H44ClGaN4. The van der Waals surface area contributed by atoms with Gasteiger partial charge in [-0.15, -0.1) is 0 Å². The van der Waals surface area contributed by atoms with Gasteiger partial charge in [-0.1, -0.05) is 0 Å². The number of hydrogen-bond donors (Lipinski definition) is 0. The van der Waals surface area contributed by atoms with Crippen molar-refractivity contribution in [2.24, 2.45) is 9.98 Å². The van der Waals surface area contributed by atoms with Crippen LogP contribution < -0.4 is 10.7 Å². The summed E-state index contributed by atoms with van der Waals surface area (Å²) in [6.45, 7) is 18.3. The number of halogens is 1. The second-order valence-electron chi connectivity index (χ2n) is 11.6. The minimum atomic E-state index is -3.01. The summed E-state index contributed by atoms with van der Waals surface area (Å²) in [6, 6.07) is 0. The fraction of sp³-hybridized carbons (Fsp3) is 0.444. The molecule has 0 saturated heterocycles. The summed E-state index contributed by atoms with van der Waals surface area (Å²) >= 11 is -3.01. The van der Waals surface area contributed by atoms with E-state index < -0.39 is 15.7 Å². The second-order valence-corrected chi connectivity index (χ2v) is 17.1. The Labute approximate surface area is 261 Å². The first-order valence-electron chi connectivity index (χ1n) is 16.3. The Kier molecular flexibility index (Phi) is 8.14. The second kappa shape index (κ2) is 11.6. The molecule has 0 radical (unpaired) electrons. The molecule has 0 amide bonds. The van der Waals surface area contributed by atoms with Crippen molar-refractivity contribution in [2.45, 2.75) is 107 Å². The van der Waals surface area contributed by atoms with Crippen LogP contribution in [0.25, 0.3) is 24.3 Å². The van der Waals surface area contributed by atoms with Crippen LogP contribution in [0.2, 0.25) is 0 Å². The molecule has 0 spiro atoms. The summed E-state index contributed by atoms with van der Waals surface area (Å²) in [5.74, 6) is 0. The van der Waals surface area contributed by atoms with Gasteiger partial charge in [0.2, 0.25) is 0 Å². The van der Waals surface area contributed by atoms with Crippen molar-refractivity contribution in [1.82, 2.24) is 6.55 Å². The van der Waals surface area contributed by atoms with Gasteiger partial charge in [-0.3, -0.25) is 0 Å². The zero-order chi connectivity index (χ0) is 29.9. The SMILES string of the molecule is CCC1=C(CC)C2=NC1=Cc1c(CC)c(CC)c3[n]1[Ga]([Cl])[n]1c(c(CC)c(CC)c1=CC1=NC(=C3)C(CC)=C1CC)=C2. The zero-order valence-electron chi connectivity index (χ0n) is 26.7. The Morgan fingerprint density at radius 2 is 0.881 bits per heavy atom. The molecule has 0 atom stereocenters. The number of nitrogens with zero attached hydrogens (tertiary/aromatic N) is 4. The number of rotatable bonds is 8. The zero-order valence-corrected chi connectivity index (χ0v) is 29.9. The molecule has 4 aliphatic heterocycles. The normalized spacial score (nSPS) is 17.2. The van der Waals surface area contributed by atoms with E-state index in [1.807, 2.05) is 0 Å². The standard InChI is InChI=1S/C36H44N4.ClH.Ga/c1-9-21-22(10-2)30-18-32-25(13-5)26(14-6)34(39-32)20-36-28(16-8)27(15-7)35(40-36)19-33-24(12-4)23(11-3)31(38-33)17-29(21)37-30;;/h17-20H,9-16H2,1-8H3;1H;/q-2;;+3/p-1. The average molecular weight is 638 g/mol. The van der Waals surface area contributed by atoms with Crippen LogP contribution in [0.5, 0.6) is 0 Å². The van der Waals surface area contributed by atoms with Gasteiger partial charge in [-0.2, -0.15) is 0 Å². The molecule has 0 aliphatic carbocycles. The number of aromatic nitrogens is 2. The molecule has 0 saturated carbocycles. The van der Waals surface area contributed by atoms with E-state index in [9.17, 15) is 0 Å². The molecule has 2 aromatic heterocycles. The monoisotopic (exact) mass is 636 g/mol. The summed E-state index contributed by atoms with van der Waals surface area (Å²) in [6.07, 6.45) is 17.3. The van der Waals surface area contributed by atoms with E-state index in [2.05, 4.69) is 86.2 Å². The Morgan fingerprint density at radius 3 is 1.21 bits per heavy atom. The Hall–Kier alpha value is -2.47. The maximum absolute atomic E-state index is 8.05. The molecular weight excluding hydrogens is 594 g/mol. The molecule has 2 aromatic rings. The predicted octanol–water partition coefficient (Wildman–Crippen LogP) is 7.57. The van der Waals surface area contributed by atoms with Gasteiger partial charge in [0.1, 0.15) is 0 Å². The molecule has 0 fully saturated rings. The first-order chi connectivity index (χ1) is 20.4. The summed E-state index contributed by atoms with van der Waals surface area (Å²) in [5.41, 5.74) is 18.2. The van der Waals surface area contributed by atoms with Gasteiger partial charge < -0.3 is 0 Å². The van der Waals surface area contributed by atoms with E-state index in [1.54, 1.807) is 0 Å². The molecule has 4 aliphatic rings. The molecule has 42 heavy (non-hydrogen) atoms. The third-order valence-electron chi connectivity index (χ3n) is 9.80. The van der Waals surface area contributed by atoms with Gasteiger partial charge in [0, 0.05) is 0 Å². The van der Waals surface area contributed by atoms with Crippen LogP contribution in [0.1, 0.15) is 115 Å². The van der Waals surface area contributed by atoms with Crippen LogP contribution in [0.15, 0.2) is 43.7 Å². The van der Waals surface area contributed by atoms with Crippen LogP contribution >= 0.6 is 9.64 Å². The number of fused-ring (bicyclic) bond motifs is 2. The first-order valence-corrected chi connectivity index (χ1v) is 21.7. The van der Waals surface area contributed by atoms with E-state index >= 15 is 0 Å². The van der Waals surface area contributed by atoms with E-state index in [0.717, 1.165) is 74.2 Å². The van der Waals surface area contributed by atoms with E-state index in [-0.39, 0.29) is 0 Å². The number of allylic oxidation sites excluding steroid dienone is 4. The van der Waals surface area contributed by atoms with E-state index in [4.69, 9.17) is 19.6 Å². The first kappa shape index (κ1) is 29.6. The Morgan fingerprint density at radius 1 is 0.500 bits per heavy atom. The summed E-state index contributed by atoms with van der Waals surface area (Å²) in [5, 5.41) is 2.54. The van der Waals surface area contributed by atoms with Crippen molar-refractivity contribution in [3.05, 3.63) is 78.0 Å². The van der Waals surface area contributed by atoms with Crippen molar-refractivity contribution in [2.75, 3.05) is 0 Å². The third-order valence-corrected chi connectivity index (χ3v) is 15.9. The van der Waals surface area contributed by atoms with Crippen molar-refractivity contribution >= 4 is 61.1 Å². The fourth-order valence-corrected chi connectivity index (χ4v) is 14.5. The van der Waals surface area contributed by atoms with Crippen molar-refractivity contribution in [3.8, 4) is 0 Å². The molecule has 0 unspecified atom stereocenters. The summed E-state index contributed by atoms with van der Waals surface area (Å²) < 4.78 is 5.19. The van der Waals surface area contributed by atoms with Crippen LogP contribution in [0.3, 0.4) is 0 Å². The van der Waals surface area contributed by atoms with Gasteiger partial charge in [0.05, 0.1) is 0 Å². The van der Waals surface area contributed by atoms with Crippen LogP contribution in [0.4, 0.5) is 0 Å². The van der Waals surface area contributed by atoms with Gasteiger partial charge >= 0.3 is 262 Å². The predicted molar refractivity (Wildman–Crippen MR) is 183 cm³/mol. The third kappa shape index (κ3) is 4.17. The molecule has 6 rings (SSSR count). The Balaban J connectivity index is 1.92. The summed E-state index contributed by atoms with van der Waals surface area (Å²) in [7, 11) is 8.05. The van der Waals surface area contributed by atoms with Gasteiger partial charge in [-0.25, -0.2) is 0 Å².